The zero-order valence-electron chi connectivity index (χ0n) is 16.4. The van der Waals surface area contributed by atoms with Crippen molar-refractivity contribution < 1.29 is 0 Å². The molecule has 1 aromatic heterocycles. The van der Waals surface area contributed by atoms with Crippen LogP contribution in [-0.4, -0.2) is 61.2 Å². The lowest BCUT2D eigenvalue weighted by Gasteiger charge is -2.33. The SMILES string of the molecule is CCCN(CCC)c1cc(-c2ccccc2)nc(N2CCN(C)CC2)n1. The van der Waals surface area contributed by atoms with Crippen molar-refractivity contribution in [3.8, 4) is 11.3 Å². The van der Waals surface area contributed by atoms with Gasteiger partial charge in [-0.15, -0.1) is 0 Å². The van der Waals surface area contributed by atoms with Crippen molar-refractivity contribution >= 4 is 11.8 Å². The number of nitrogens with zero attached hydrogens (tertiary/aromatic N) is 5. The molecule has 0 aliphatic carbocycles. The molecule has 140 valence electrons. The second kappa shape index (κ2) is 8.99. The van der Waals surface area contributed by atoms with E-state index >= 15 is 0 Å². The molecule has 1 saturated heterocycles. The molecular formula is C21H31N5. The number of aromatic nitrogens is 2. The smallest absolute Gasteiger partial charge is 0.227 e. The average molecular weight is 354 g/mol. The highest BCUT2D eigenvalue weighted by atomic mass is 15.3. The van der Waals surface area contributed by atoms with E-state index in [0.717, 1.165) is 75.1 Å². The molecule has 3 rings (SSSR count). The summed E-state index contributed by atoms with van der Waals surface area (Å²) in [5.74, 6) is 1.92. The lowest BCUT2D eigenvalue weighted by atomic mass is 10.1. The van der Waals surface area contributed by atoms with Crippen molar-refractivity contribution in [1.29, 1.82) is 0 Å². The fourth-order valence-corrected chi connectivity index (χ4v) is 3.37. The number of hydrogen-bond donors (Lipinski definition) is 0. The number of anilines is 2. The Morgan fingerprint density at radius 3 is 2.19 bits per heavy atom. The van der Waals surface area contributed by atoms with E-state index in [1.54, 1.807) is 0 Å². The molecule has 0 saturated carbocycles. The van der Waals surface area contributed by atoms with Crippen LogP contribution in [0.15, 0.2) is 36.4 Å². The van der Waals surface area contributed by atoms with Crippen LogP contribution < -0.4 is 9.80 Å². The predicted octanol–water partition coefficient (Wildman–Crippen LogP) is 3.52. The summed E-state index contributed by atoms with van der Waals surface area (Å²) < 4.78 is 0. The first-order valence-corrected chi connectivity index (χ1v) is 9.84. The Hall–Kier alpha value is -2.14. The van der Waals surface area contributed by atoms with Crippen LogP contribution in [0.5, 0.6) is 0 Å². The molecule has 0 bridgehead atoms. The molecule has 1 fully saturated rings. The summed E-state index contributed by atoms with van der Waals surface area (Å²) in [6.07, 6.45) is 2.24. The van der Waals surface area contributed by atoms with Gasteiger partial charge in [-0.25, -0.2) is 4.98 Å². The maximum absolute atomic E-state index is 4.97. The third kappa shape index (κ3) is 4.52. The van der Waals surface area contributed by atoms with Crippen molar-refractivity contribution in [1.82, 2.24) is 14.9 Å². The monoisotopic (exact) mass is 353 g/mol. The van der Waals surface area contributed by atoms with Crippen LogP contribution in [-0.2, 0) is 0 Å². The second-order valence-electron chi connectivity index (χ2n) is 7.05. The fourth-order valence-electron chi connectivity index (χ4n) is 3.37. The Morgan fingerprint density at radius 2 is 1.58 bits per heavy atom. The zero-order chi connectivity index (χ0) is 18.4. The third-order valence-electron chi connectivity index (χ3n) is 4.87. The van der Waals surface area contributed by atoms with Crippen LogP contribution in [0, 0.1) is 0 Å². The molecule has 0 atom stereocenters. The van der Waals surface area contributed by atoms with Crippen molar-refractivity contribution in [3.63, 3.8) is 0 Å². The van der Waals surface area contributed by atoms with Gasteiger partial charge in [0.15, 0.2) is 0 Å². The van der Waals surface area contributed by atoms with Gasteiger partial charge in [0.05, 0.1) is 5.69 Å². The van der Waals surface area contributed by atoms with Crippen molar-refractivity contribution in [2.75, 3.05) is 56.1 Å². The third-order valence-corrected chi connectivity index (χ3v) is 4.87. The minimum Gasteiger partial charge on any atom is -0.356 e. The van der Waals surface area contributed by atoms with Crippen molar-refractivity contribution in [2.45, 2.75) is 26.7 Å². The Balaban J connectivity index is 1.98. The van der Waals surface area contributed by atoms with Crippen LogP contribution in [0.1, 0.15) is 26.7 Å². The number of rotatable bonds is 7. The molecule has 1 aliphatic rings. The van der Waals surface area contributed by atoms with Crippen LogP contribution in [0.4, 0.5) is 11.8 Å². The van der Waals surface area contributed by atoms with Gasteiger partial charge in [-0.3, -0.25) is 0 Å². The predicted molar refractivity (Wildman–Crippen MR) is 110 cm³/mol. The summed E-state index contributed by atoms with van der Waals surface area (Å²) in [6.45, 7) is 10.6. The molecule has 26 heavy (non-hydrogen) atoms. The van der Waals surface area contributed by atoms with Gasteiger partial charge in [-0.1, -0.05) is 44.2 Å². The van der Waals surface area contributed by atoms with Crippen molar-refractivity contribution in [3.05, 3.63) is 36.4 Å². The first-order valence-electron chi connectivity index (χ1n) is 9.84. The first kappa shape index (κ1) is 18.6. The van der Waals surface area contributed by atoms with Crippen LogP contribution in [0.2, 0.25) is 0 Å². The molecule has 2 heterocycles. The molecule has 0 spiro atoms. The summed E-state index contributed by atoms with van der Waals surface area (Å²) >= 11 is 0. The number of benzene rings is 1. The van der Waals surface area contributed by atoms with Crippen LogP contribution in [0.25, 0.3) is 11.3 Å². The standard InChI is InChI=1S/C21H31N5/c1-4-11-25(12-5-2)20-17-19(18-9-7-6-8-10-18)22-21(23-20)26-15-13-24(3)14-16-26/h6-10,17H,4-5,11-16H2,1-3H3. The summed E-state index contributed by atoms with van der Waals surface area (Å²) in [7, 11) is 2.17. The molecule has 2 aromatic rings. The summed E-state index contributed by atoms with van der Waals surface area (Å²) in [5.41, 5.74) is 2.17. The summed E-state index contributed by atoms with van der Waals surface area (Å²) in [6, 6.07) is 12.6. The molecule has 5 nitrogen and oxygen atoms in total. The van der Waals surface area contributed by atoms with Crippen LogP contribution in [0.3, 0.4) is 0 Å². The Morgan fingerprint density at radius 1 is 0.923 bits per heavy atom. The Kier molecular flexibility index (Phi) is 6.45. The van der Waals surface area contributed by atoms with Gasteiger partial charge in [0.1, 0.15) is 5.82 Å². The van der Waals surface area contributed by atoms with E-state index in [0.29, 0.717) is 0 Å². The van der Waals surface area contributed by atoms with E-state index in [9.17, 15) is 0 Å². The number of piperazine rings is 1. The van der Waals surface area contributed by atoms with Gasteiger partial charge in [0.25, 0.3) is 0 Å². The highest BCUT2D eigenvalue weighted by molar-refractivity contribution is 5.65. The van der Waals surface area contributed by atoms with Crippen LogP contribution >= 0.6 is 0 Å². The van der Waals surface area contributed by atoms with E-state index < -0.39 is 0 Å². The fraction of sp³-hybridized carbons (Fsp3) is 0.524. The number of likely N-dealkylation sites (N-methyl/N-ethyl adjacent to an activating group) is 1. The van der Waals surface area contributed by atoms with E-state index in [-0.39, 0.29) is 0 Å². The minimum absolute atomic E-state index is 0.867. The maximum atomic E-state index is 4.97. The summed E-state index contributed by atoms with van der Waals surface area (Å²) in [4.78, 5) is 17.0. The topological polar surface area (TPSA) is 35.5 Å². The molecule has 0 radical (unpaired) electrons. The van der Waals surface area contributed by atoms with Gasteiger partial charge in [0, 0.05) is 50.9 Å². The molecular weight excluding hydrogens is 322 g/mol. The molecule has 0 amide bonds. The van der Waals surface area contributed by atoms with Gasteiger partial charge in [-0.05, 0) is 19.9 Å². The largest absolute Gasteiger partial charge is 0.356 e. The van der Waals surface area contributed by atoms with Gasteiger partial charge < -0.3 is 14.7 Å². The molecule has 0 N–H and O–H groups in total. The molecule has 1 aromatic carbocycles. The minimum atomic E-state index is 0.867. The highest BCUT2D eigenvalue weighted by Gasteiger charge is 2.19. The van der Waals surface area contributed by atoms with E-state index in [4.69, 9.17) is 9.97 Å². The first-order chi connectivity index (χ1) is 12.7. The lowest BCUT2D eigenvalue weighted by Crippen LogP contribution is -2.45. The average Bonchev–Trinajstić information content (AvgIpc) is 2.69. The lowest BCUT2D eigenvalue weighted by molar-refractivity contribution is 0.311. The second-order valence-corrected chi connectivity index (χ2v) is 7.05. The molecule has 1 aliphatic heterocycles. The van der Waals surface area contributed by atoms with E-state index in [1.165, 1.54) is 0 Å². The summed E-state index contributed by atoms with van der Waals surface area (Å²) in [5, 5.41) is 0. The van der Waals surface area contributed by atoms with E-state index in [2.05, 4.69) is 65.9 Å². The zero-order valence-corrected chi connectivity index (χ0v) is 16.4. The van der Waals surface area contributed by atoms with E-state index in [1.807, 2.05) is 6.07 Å². The van der Waals surface area contributed by atoms with Gasteiger partial charge in [0.2, 0.25) is 5.95 Å². The quantitative estimate of drug-likeness (QED) is 0.761. The number of hydrogen-bond acceptors (Lipinski definition) is 5. The molecule has 0 unspecified atom stereocenters. The maximum Gasteiger partial charge on any atom is 0.227 e. The van der Waals surface area contributed by atoms with Crippen molar-refractivity contribution in [2.24, 2.45) is 0 Å². The Labute approximate surface area is 157 Å². The van der Waals surface area contributed by atoms with Gasteiger partial charge in [-0.2, -0.15) is 4.98 Å². The normalized spacial score (nSPS) is 15.3. The highest BCUT2D eigenvalue weighted by Crippen LogP contribution is 2.25. The Bertz CT molecular complexity index is 674. The van der Waals surface area contributed by atoms with Gasteiger partial charge >= 0.3 is 0 Å². The molecule has 5 heteroatoms.